The molecule has 0 saturated carbocycles. The Hall–Kier alpha value is -1.53. The maximum absolute atomic E-state index is 13.1. The molecule has 1 aliphatic heterocycles. The molecule has 2 aromatic rings. The van der Waals surface area contributed by atoms with Gasteiger partial charge in [-0.15, -0.1) is 0 Å². The summed E-state index contributed by atoms with van der Waals surface area (Å²) in [7, 11) is 0. The third kappa shape index (κ3) is 5.34. The van der Waals surface area contributed by atoms with E-state index in [9.17, 15) is 9.18 Å². The number of hydrogen-bond donors (Lipinski definition) is 0. The first-order valence-corrected chi connectivity index (χ1v) is 10.4. The van der Waals surface area contributed by atoms with Crippen molar-refractivity contribution >= 4 is 40.7 Å². The number of carbonyl (C=O) groups excluding carboxylic acids is 1. The van der Waals surface area contributed by atoms with E-state index in [0.717, 1.165) is 12.1 Å². The summed E-state index contributed by atoms with van der Waals surface area (Å²) in [5.41, 5.74) is 1.04. The highest BCUT2D eigenvalue weighted by Crippen LogP contribution is 2.37. The number of benzene rings is 2. The van der Waals surface area contributed by atoms with Crippen LogP contribution in [0.2, 0.25) is 15.1 Å². The van der Waals surface area contributed by atoms with Crippen molar-refractivity contribution in [2.45, 2.75) is 32.5 Å². The second kappa shape index (κ2) is 9.52. The van der Waals surface area contributed by atoms with E-state index in [0.29, 0.717) is 23.9 Å². The molecule has 0 aliphatic carbocycles. The van der Waals surface area contributed by atoms with Gasteiger partial charge < -0.3 is 9.64 Å². The molecule has 4 nitrogen and oxygen atoms in total. The van der Waals surface area contributed by atoms with Gasteiger partial charge in [0, 0.05) is 31.7 Å². The quantitative estimate of drug-likeness (QED) is 0.570. The summed E-state index contributed by atoms with van der Waals surface area (Å²) < 4.78 is 18.7. The first-order valence-electron chi connectivity index (χ1n) is 9.30. The molecule has 1 heterocycles. The van der Waals surface area contributed by atoms with Gasteiger partial charge in [-0.3, -0.25) is 9.69 Å². The molecule has 0 aromatic heterocycles. The highest BCUT2D eigenvalue weighted by molar-refractivity contribution is 6.48. The monoisotopic (exact) mass is 458 g/mol. The van der Waals surface area contributed by atoms with Gasteiger partial charge in [-0.2, -0.15) is 0 Å². The van der Waals surface area contributed by atoms with Crippen molar-refractivity contribution in [1.82, 2.24) is 9.80 Å². The lowest BCUT2D eigenvalue weighted by molar-refractivity contribution is -0.139. The SMILES string of the molecule is C[C@@H]1CN(C(=O)COc2ccc(Cl)c(Cl)c2Cl)[C@@H](C)CN1Cc1ccc(F)cc1. The van der Waals surface area contributed by atoms with E-state index >= 15 is 0 Å². The number of nitrogens with zero attached hydrogens (tertiary/aromatic N) is 2. The zero-order chi connectivity index (χ0) is 21.1. The van der Waals surface area contributed by atoms with E-state index in [-0.39, 0.29) is 40.5 Å². The summed E-state index contributed by atoms with van der Waals surface area (Å²) >= 11 is 18.1. The predicted molar refractivity (Wildman–Crippen MR) is 114 cm³/mol. The first kappa shape index (κ1) is 22.2. The van der Waals surface area contributed by atoms with Crippen LogP contribution in [0.3, 0.4) is 0 Å². The number of halogens is 4. The van der Waals surface area contributed by atoms with Crippen molar-refractivity contribution in [3.05, 3.63) is 62.8 Å². The van der Waals surface area contributed by atoms with Crippen molar-refractivity contribution in [3.8, 4) is 5.75 Å². The third-order valence-electron chi connectivity index (χ3n) is 5.09. The Morgan fingerprint density at radius 3 is 2.41 bits per heavy atom. The summed E-state index contributed by atoms with van der Waals surface area (Å²) in [5.74, 6) is -0.0364. The maximum Gasteiger partial charge on any atom is 0.260 e. The second-order valence-corrected chi connectivity index (χ2v) is 8.43. The van der Waals surface area contributed by atoms with E-state index in [2.05, 4.69) is 11.8 Å². The number of carbonyl (C=O) groups is 1. The number of rotatable bonds is 5. The minimum Gasteiger partial charge on any atom is -0.482 e. The highest BCUT2D eigenvalue weighted by Gasteiger charge is 2.32. The Kier molecular flexibility index (Phi) is 7.28. The lowest BCUT2D eigenvalue weighted by Gasteiger charge is -2.44. The van der Waals surface area contributed by atoms with Crippen LogP contribution in [0.1, 0.15) is 19.4 Å². The Balaban J connectivity index is 1.58. The molecular formula is C21H22Cl3FN2O2. The van der Waals surface area contributed by atoms with E-state index in [1.165, 1.54) is 12.1 Å². The fourth-order valence-corrected chi connectivity index (χ4v) is 4.01. The van der Waals surface area contributed by atoms with Crippen LogP contribution in [0, 0.1) is 5.82 Å². The van der Waals surface area contributed by atoms with Gasteiger partial charge in [0.2, 0.25) is 0 Å². The summed E-state index contributed by atoms with van der Waals surface area (Å²) in [6.45, 7) is 5.97. The summed E-state index contributed by atoms with van der Waals surface area (Å²) in [6.07, 6.45) is 0. The molecule has 1 aliphatic rings. The summed E-state index contributed by atoms with van der Waals surface area (Å²) in [6, 6.07) is 9.87. The van der Waals surface area contributed by atoms with Gasteiger partial charge in [-0.25, -0.2) is 4.39 Å². The zero-order valence-electron chi connectivity index (χ0n) is 16.2. The van der Waals surface area contributed by atoms with Gasteiger partial charge in [0.15, 0.2) is 6.61 Å². The smallest absolute Gasteiger partial charge is 0.260 e. The topological polar surface area (TPSA) is 32.8 Å². The molecule has 2 aromatic carbocycles. The minimum absolute atomic E-state index is 0.0204. The number of ether oxygens (including phenoxy) is 1. The predicted octanol–water partition coefficient (Wildman–Crippen LogP) is 5.29. The number of hydrogen-bond acceptors (Lipinski definition) is 3. The van der Waals surface area contributed by atoms with E-state index in [4.69, 9.17) is 39.5 Å². The van der Waals surface area contributed by atoms with Crippen molar-refractivity contribution in [3.63, 3.8) is 0 Å². The molecule has 0 bridgehead atoms. The molecule has 0 unspecified atom stereocenters. The average molecular weight is 460 g/mol. The van der Waals surface area contributed by atoms with Gasteiger partial charge in [0.1, 0.15) is 16.6 Å². The lowest BCUT2D eigenvalue weighted by atomic mass is 10.1. The van der Waals surface area contributed by atoms with E-state index < -0.39 is 0 Å². The fraction of sp³-hybridized carbons (Fsp3) is 0.381. The van der Waals surface area contributed by atoms with Crippen LogP contribution >= 0.6 is 34.8 Å². The lowest BCUT2D eigenvalue weighted by Crippen LogP contribution is -2.58. The van der Waals surface area contributed by atoms with E-state index in [1.807, 2.05) is 11.8 Å². The Labute approximate surface area is 185 Å². The molecule has 2 atom stereocenters. The highest BCUT2D eigenvalue weighted by atomic mass is 35.5. The third-order valence-corrected chi connectivity index (χ3v) is 6.36. The molecule has 0 N–H and O–H groups in total. The van der Waals surface area contributed by atoms with Crippen LogP contribution in [0.15, 0.2) is 36.4 Å². The van der Waals surface area contributed by atoms with Crippen molar-refractivity contribution in [2.75, 3.05) is 19.7 Å². The number of amides is 1. The van der Waals surface area contributed by atoms with Crippen molar-refractivity contribution < 1.29 is 13.9 Å². The molecule has 3 rings (SSSR count). The molecule has 8 heteroatoms. The molecule has 0 radical (unpaired) electrons. The zero-order valence-corrected chi connectivity index (χ0v) is 18.4. The van der Waals surface area contributed by atoms with Gasteiger partial charge in [0.25, 0.3) is 5.91 Å². The molecule has 156 valence electrons. The van der Waals surface area contributed by atoms with Gasteiger partial charge in [-0.1, -0.05) is 46.9 Å². The van der Waals surface area contributed by atoms with Crippen molar-refractivity contribution in [1.29, 1.82) is 0 Å². The molecule has 1 amide bonds. The molecule has 1 saturated heterocycles. The average Bonchev–Trinajstić information content (AvgIpc) is 2.69. The van der Waals surface area contributed by atoms with Crippen LogP contribution in [-0.4, -0.2) is 47.5 Å². The van der Waals surface area contributed by atoms with Crippen LogP contribution in [0.25, 0.3) is 0 Å². The van der Waals surface area contributed by atoms with Crippen LogP contribution in [0.5, 0.6) is 5.75 Å². The summed E-state index contributed by atoms with van der Waals surface area (Å²) in [5, 5.41) is 0.724. The molecule has 1 fully saturated rings. The largest absolute Gasteiger partial charge is 0.482 e. The van der Waals surface area contributed by atoms with Crippen molar-refractivity contribution in [2.24, 2.45) is 0 Å². The minimum atomic E-state index is -0.243. The van der Waals surface area contributed by atoms with Crippen LogP contribution in [0.4, 0.5) is 4.39 Å². The van der Waals surface area contributed by atoms with Crippen LogP contribution in [-0.2, 0) is 11.3 Å². The first-order chi connectivity index (χ1) is 13.8. The van der Waals surface area contributed by atoms with E-state index in [1.54, 1.807) is 24.3 Å². The van der Waals surface area contributed by atoms with Gasteiger partial charge in [0.05, 0.1) is 10.0 Å². The molecule has 0 spiro atoms. The Morgan fingerprint density at radius 2 is 1.72 bits per heavy atom. The Bertz CT molecular complexity index is 879. The standard InChI is InChI=1S/C21H22Cl3FN2O2/c1-13-10-27(14(2)9-26(13)11-15-3-5-16(25)6-4-15)19(28)12-29-18-8-7-17(22)20(23)21(18)24/h3-8,13-14H,9-12H2,1-2H3/t13-,14+/m1/s1. The normalized spacial score (nSPS) is 20.0. The maximum atomic E-state index is 13.1. The fourth-order valence-electron chi connectivity index (χ4n) is 3.43. The Morgan fingerprint density at radius 1 is 1.03 bits per heavy atom. The summed E-state index contributed by atoms with van der Waals surface area (Å²) in [4.78, 5) is 16.8. The van der Waals surface area contributed by atoms with Crippen LogP contribution < -0.4 is 4.74 Å². The number of piperazine rings is 1. The van der Waals surface area contributed by atoms with Gasteiger partial charge >= 0.3 is 0 Å². The molecule has 29 heavy (non-hydrogen) atoms. The molecular weight excluding hydrogens is 438 g/mol. The second-order valence-electron chi connectivity index (χ2n) is 7.26. The van der Waals surface area contributed by atoms with Gasteiger partial charge in [-0.05, 0) is 43.7 Å².